The Hall–Kier alpha value is -1.06. The molecule has 0 amide bonds. The van der Waals surface area contributed by atoms with E-state index in [0.29, 0.717) is 6.04 Å². The molecular formula is C14H22N2O. The first kappa shape index (κ1) is 12.4. The van der Waals surface area contributed by atoms with Gasteiger partial charge in [0.1, 0.15) is 12.4 Å². The molecule has 1 aliphatic rings. The Balaban J connectivity index is 1.77. The first-order chi connectivity index (χ1) is 8.15. The van der Waals surface area contributed by atoms with Gasteiger partial charge in [0.15, 0.2) is 0 Å². The van der Waals surface area contributed by atoms with Crippen molar-refractivity contribution in [2.24, 2.45) is 0 Å². The van der Waals surface area contributed by atoms with Crippen LogP contribution in [-0.2, 0) is 0 Å². The Labute approximate surface area is 104 Å². The van der Waals surface area contributed by atoms with E-state index in [1.54, 1.807) is 0 Å². The normalized spacial score (nSPS) is 16.0. The van der Waals surface area contributed by atoms with Crippen molar-refractivity contribution in [1.29, 1.82) is 0 Å². The van der Waals surface area contributed by atoms with E-state index in [1.165, 1.54) is 11.1 Å². The van der Waals surface area contributed by atoms with Crippen molar-refractivity contribution in [2.75, 3.05) is 33.3 Å². The first-order valence-corrected chi connectivity index (χ1v) is 6.27. The van der Waals surface area contributed by atoms with Crippen molar-refractivity contribution in [1.82, 2.24) is 10.2 Å². The van der Waals surface area contributed by atoms with Gasteiger partial charge in [-0.1, -0.05) is 6.07 Å². The monoisotopic (exact) mass is 234 g/mol. The Morgan fingerprint density at radius 3 is 2.41 bits per heavy atom. The van der Waals surface area contributed by atoms with Gasteiger partial charge in [-0.25, -0.2) is 0 Å². The number of hydrogen-bond acceptors (Lipinski definition) is 3. The lowest BCUT2D eigenvalue weighted by atomic mass is 10.1. The van der Waals surface area contributed by atoms with Gasteiger partial charge in [0.25, 0.3) is 0 Å². The molecule has 94 valence electrons. The van der Waals surface area contributed by atoms with Crippen LogP contribution in [0, 0.1) is 13.8 Å². The fourth-order valence-electron chi connectivity index (χ4n) is 2.09. The molecule has 0 aromatic heterocycles. The Morgan fingerprint density at radius 2 is 1.88 bits per heavy atom. The number of rotatable bonds is 5. The van der Waals surface area contributed by atoms with Crippen molar-refractivity contribution in [3.05, 3.63) is 29.3 Å². The van der Waals surface area contributed by atoms with Gasteiger partial charge in [-0.2, -0.15) is 0 Å². The highest BCUT2D eigenvalue weighted by Gasteiger charge is 2.20. The van der Waals surface area contributed by atoms with E-state index in [0.717, 1.165) is 32.0 Å². The molecule has 0 saturated carbocycles. The maximum atomic E-state index is 5.79. The average molecular weight is 234 g/mol. The summed E-state index contributed by atoms with van der Waals surface area (Å²) in [6.45, 7) is 8.17. The minimum absolute atomic E-state index is 0.692. The molecule has 17 heavy (non-hydrogen) atoms. The van der Waals surface area contributed by atoms with Crippen LogP contribution in [0.25, 0.3) is 0 Å². The van der Waals surface area contributed by atoms with Crippen LogP contribution in [0.4, 0.5) is 0 Å². The van der Waals surface area contributed by atoms with Crippen molar-refractivity contribution in [3.63, 3.8) is 0 Å². The summed E-state index contributed by atoms with van der Waals surface area (Å²) in [6, 6.07) is 7.05. The number of benzene rings is 1. The quantitative estimate of drug-likeness (QED) is 0.837. The largest absolute Gasteiger partial charge is 0.492 e. The minimum atomic E-state index is 0.692. The van der Waals surface area contributed by atoms with Gasteiger partial charge in [-0.15, -0.1) is 0 Å². The molecule has 1 aromatic carbocycles. The van der Waals surface area contributed by atoms with Crippen LogP contribution in [0.3, 0.4) is 0 Å². The molecule has 1 N–H and O–H groups in total. The molecule has 0 spiro atoms. The third-order valence-corrected chi connectivity index (χ3v) is 3.29. The topological polar surface area (TPSA) is 24.5 Å². The first-order valence-electron chi connectivity index (χ1n) is 6.27. The molecule has 0 aliphatic carbocycles. The van der Waals surface area contributed by atoms with Gasteiger partial charge >= 0.3 is 0 Å². The summed E-state index contributed by atoms with van der Waals surface area (Å²) in [7, 11) is 2.16. The smallest absolute Gasteiger partial charge is 0.119 e. The number of hydrogen-bond donors (Lipinski definition) is 1. The highest BCUT2D eigenvalue weighted by molar-refractivity contribution is 5.32. The zero-order valence-electron chi connectivity index (χ0n) is 11.0. The Kier molecular flexibility index (Phi) is 4.02. The molecule has 1 fully saturated rings. The number of aryl methyl sites for hydroxylation is 2. The zero-order valence-corrected chi connectivity index (χ0v) is 11.0. The van der Waals surface area contributed by atoms with Gasteiger partial charge in [-0.05, 0) is 44.2 Å². The molecule has 0 unspecified atom stereocenters. The van der Waals surface area contributed by atoms with E-state index in [1.807, 2.05) is 0 Å². The molecule has 1 saturated heterocycles. The maximum Gasteiger partial charge on any atom is 0.119 e. The van der Waals surface area contributed by atoms with E-state index in [4.69, 9.17) is 4.74 Å². The van der Waals surface area contributed by atoms with E-state index in [9.17, 15) is 0 Å². The molecule has 1 aromatic rings. The van der Waals surface area contributed by atoms with E-state index in [2.05, 4.69) is 49.3 Å². The standard InChI is InChI=1S/C14H22N2O/c1-11-6-12(2)8-14(7-11)17-5-4-16(3)13-9-15-10-13/h6-8,13,15H,4-5,9-10H2,1-3H3. The van der Waals surface area contributed by atoms with Gasteiger partial charge in [0, 0.05) is 25.7 Å². The second-order valence-electron chi connectivity index (χ2n) is 4.96. The van der Waals surface area contributed by atoms with Crippen molar-refractivity contribution in [3.8, 4) is 5.75 Å². The van der Waals surface area contributed by atoms with Gasteiger partial charge in [0.2, 0.25) is 0 Å². The summed E-state index contributed by atoms with van der Waals surface area (Å²) < 4.78 is 5.79. The van der Waals surface area contributed by atoms with E-state index >= 15 is 0 Å². The predicted molar refractivity (Wildman–Crippen MR) is 70.7 cm³/mol. The van der Waals surface area contributed by atoms with Crippen LogP contribution in [0.2, 0.25) is 0 Å². The fraction of sp³-hybridized carbons (Fsp3) is 0.571. The summed E-state index contributed by atoms with van der Waals surface area (Å²) in [6.07, 6.45) is 0. The van der Waals surface area contributed by atoms with Gasteiger partial charge in [0.05, 0.1) is 0 Å². The third kappa shape index (κ3) is 3.45. The lowest BCUT2D eigenvalue weighted by Crippen LogP contribution is -2.56. The lowest BCUT2D eigenvalue weighted by Gasteiger charge is -2.35. The highest BCUT2D eigenvalue weighted by Crippen LogP contribution is 2.16. The highest BCUT2D eigenvalue weighted by atomic mass is 16.5. The van der Waals surface area contributed by atoms with Gasteiger partial charge < -0.3 is 10.1 Å². The maximum absolute atomic E-state index is 5.79. The summed E-state index contributed by atoms with van der Waals surface area (Å²) in [5.74, 6) is 0.989. The molecular weight excluding hydrogens is 212 g/mol. The third-order valence-electron chi connectivity index (χ3n) is 3.29. The molecule has 3 heteroatoms. The van der Waals surface area contributed by atoms with Crippen LogP contribution in [0.15, 0.2) is 18.2 Å². The molecule has 1 aliphatic heterocycles. The summed E-state index contributed by atoms with van der Waals surface area (Å²) in [5.41, 5.74) is 2.52. The molecule has 0 atom stereocenters. The second-order valence-corrected chi connectivity index (χ2v) is 4.96. The minimum Gasteiger partial charge on any atom is -0.492 e. The van der Waals surface area contributed by atoms with Crippen molar-refractivity contribution in [2.45, 2.75) is 19.9 Å². The Bertz CT molecular complexity index is 354. The van der Waals surface area contributed by atoms with Crippen LogP contribution in [0.5, 0.6) is 5.75 Å². The number of nitrogens with zero attached hydrogens (tertiary/aromatic N) is 1. The molecule has 0 radical (unpaired) electrons. The zero-order chi connectivity index (χ0) is 12.3. The molecule has 3 nitrogen and oxygen atoms in total. The SMILES string of the molecule is Cc1cc(C)cc(OCCN(C)C2CNC2)c1. The number of ether oxygens (including phenoxy) is 1. The summed E-state index contributed by atoms with van der Waals surface area (Å²) in [5, 5.41) is 3.28. The summed E-state index contributed by atoms with van der Waals surface area (Å²) in [4.78, 5) is 2.36. The van der Waals surface area contributed by atoms with Crippen molar-refractivity contribution < 1.29 is 4.74 Å². The predicted octanol–water partition coefficient (Wildman–Crippen LogP) is 1.59. The lowest BCUT2D eigenvalue weighted by molar-refractivity contribution is 0.151. The average Bonchev–Trinajstić information content (AvgIpc) is 2.12. The Morgan fingerprint density at radius 1 is 1.24 bits per heavy atom. The van der Waals surface area contributed by atoms with Crippen LogP contribution in [-0.4, -0.2) is 44.2 Å². The van der Waals surface area contributed by atoms with Crippen LogP contribution < -0.4 is 10.1 Å². The van der Waals surface area contributed by atoms with E-state index < -0.39 is 0 Å². The molecule has 0 bridgehead atoms. The van der Waals surface area contributed by atoms with E-state index in [-0.39, 0.29) is 0 Å². The molecule has 2 rings (SSSR count). The second kappa shape index (κ2) is 5.52. The fourth-order valence-corrected chi connectivity index (χ4v) is 2.09. The van der Waals surface area contributed by atoms with Gasteiger partial charge in [-0.3, -0.25) is 4.90 Å². The number of likely N-dealkylation sites (N-methyl/N-ethyl adjacent to an activating group) is 1. The number of nitrogens with one attached hydrogen (secondary N) is 1. The van der Waals surface area contributed by atoms with Crippen molar-refractivity contribution >= 4 is 0 Å². The summed E-state index contributed by atoms with van der Waals surface area (Å²) >= 11 is 0. The van der Waals surface area contributed by atoms with Crippen LogP contribution >= 0.6 is 0 Å². The van der Waals surface area contributed by atoms with Crippen LogP contribution in [0.1, 0.15) is 11.1 Å². The molecule has 1 heterocycles.